The zero-order valence-corrected chi connectivity index (χ0v) is 17.6. The molecule has 0 aliphatic heterocycles. The van der Waals surface area contributed by atoms with Crippen molar-refractivity contribution in [2.24, 2.45) is 7.05 Å². The number of nitriles is 1. The normalized spacial score (nSPS) is 13.1. The first-order valence-electron chi connectivity index (χ1n) is 9.40. The van der Waals surface area contributed by atoms with Gasteiger partial charge in [-0.1, -0.05) is 48.2 Å². The lowest BCUT2D eigenvalue weighted by atomic mass is 10.1. The average Bonchev–Trinajstić information content (AvgIpc) is 3.32. The molecule has 1 atom stereocenters. The van der Waals surface area contributed by atoms with Gasteiger partial charge in [0.05, 0.1) is 16.3 Å². The van der Waals surface area contributed by atoms with Crippen LogP contribution >= 0.6 is 11.8 Å². The average molecular weight is 417 g/mol. The second-order valence-electron chi connectivity index (χ2n) is 6.91. The smallest absolute Gasteiger partial charge is 0.191 e. The number of thioether (sulfide) groups is 1. The predicted molar refractivity (Wildman–Crippen MR) is 118 cm³/mol. The number of aliphatic hydroxyl groups is 1. The predicted octanol–water partition coefficient (Wildman–Crippen LogP) is 4.64. The molecule has 30 heavy (non-hydrogen) atoms. The van der Waals surface area contributed by atoms with Gasteiger partial charge >= 0.3 is 0 Å². The van der Waals surface area contributed by atoms with E-state index in [2.05, 4.69) is 26.2 Å². The Morgan fingerprint density at radius 2 is 1.90 bits per heavy atom. The molecule has 0 amide bonds. The van der Waals surface area contributed by atoms with E-state index < -0.39 is 5.25 Å². The minimum Gasteiger partial charge on any atom is -0.510 e. The monoisotopic (exact) mass is 416 g/mol. The third-order valence-electron chi connectivity index (χ3n) is 4.88. The van der Waals surface area contributed by atoms with Crippen LogP contribution in [0.5, 0.6) is 0 Å². The van der Waals surface area contributed by atoms with Gasteiger partial charge in [0.1, 0.15) is 17.4 Å². The highest BCUT2D eigenvalue weighted by atomic mass is 32.2. The topological polar surface area (TPSA) is 103 Å². The lowest BCUT2D eigenvalue weighted by molar-refractivity contribution is 0.401. The summed E-state index contributed by atoms with van der Waals surface area (Å²) in [7, 11) is 1.89. The van der Waals surface area contributed by atoms with Crippen molar-refractivity contribution in [1.29, 1.82) is 5.26 Å². The van der Waals surface area contributed by atoms with E-state index in [4.69, 9.17) is 0 Å². The highest BCUT2D eigenvalue weighted by Gasteiger charge is 2.22. The van der Waals surface area contributed by atoms with Gasteiger partial charge in [0, 0.05) is 12.6 Å². The summed E-state index contributed by atoms with van der Waals surface area (Å²) in [6.07, 6.45) is 0. The fourth-order valence-corrected chi connectivity index (χ4v) is 4.07. The summed E-state index contributed by atoms with van der Waals surface area (Å²) in [6.45, 7) is 3.85. The van der Waals surface area contributed by atoms with Gasteiger partial charge < -0.3 is 14.7 Å². The number of H-pyrrole nitrogens is 1. The number of fused-ring (bicyclic) bond motifs is 1. The SMILES string of the molecule is Cc1ccccc1-c1nnc(S[C@H](C)/C(O)=C(\C#N)c2nc3ccccc3[nH]2)n1C. The molecule has 2 aromatic carbocycles. The maximum absolute atomic E-state index is 10.8. The molecule has 0 bridgehead atoms. The molecule has 2 heterocycles. The van der Waals surface area contributed by atoms with E-state index in [1.165, 1.54) is 11.8 Å². The summed E-state index contributed by atoms with van der Waals surface area (Å²) in [5.41, 5.74) is 3.78. The second kappa shape index (κ2) is 8.05. The maximum Gasteiger partial charge on any atom is 0.191 e. The van der Waals surface area contributed by atoms with Crippen molar-refractivity contribution in [3.05, 3.63) is 65.7 Å². The quantitative estimate of drug-likeness (QED) is 0.279. The van der Waals surface area contributed by atoms with Crippen molar-refractivity contribution in [3.63, 3.8) is 0 Å². The number of nitrogens with zero attached hydrogens (tertiary/aromatic N) is 5. The number of benzene rings is 2. The molecule has 2 aromatic heterocycles. The first-order chi connectivity index (χ1) is 14.5. The third kappa shape index (κ3) is 3.55. The summed E-state index contributed by atoms with van der Waals surface area (Å²) in [4.78, 5) is 7.52. The Morgan fingerprint density at radius 3 is 2.63 bits per heavy atom. The van der Waals surface area contributed by atoms with Crippen LogP contribution in [0.25, 0.3) is 28.0 Å². The molecule has 0 radical (unpaired) electrons. The molecular weight excluding hydrogens is 396 g/mol. The number of para-hydroxylation sites is 2. The van der Waals surface area contributed by atoms with Crippen LogP contribution in [-0.4, -0.2) is 35.1 Å². The van der Waals surface area contributed by atoms with Crippen LogP contribution in [0.1, 0.15) is 18.3 Å². The number of aliphatic hydroxyl groups excluding tert-OH is 1. The van der Waals surface area contributed by atoms with Crippen LogP contribution in [0.15, 0.2) is 59.4 Å². The Morgan fingerprint density at radius 1 is 1.17 bits per heavy atom. The van der Waals surface area contributed by atoms with Gasteiger partial charge in [-0.25, -0.2) is 4.98 Å². The van der Waals surface area contributed by atoms with Crippen molar-refractivity contribution < 1.29 is 5.11 Å². The number of rotatable bonds is 5. The van der Waals surface area contributed by atoms with Crippen LogP contribution in [0.4, 0.5) is 0 Å². The van der Waals surface area contributed by atoms with E-state index in [0.717, 1.165) is 28.0 Å². The highest BCUT2D eigenvalue weighted by Crippen LogP contribution is 2.31. The van der Waals surface area contributed by atoms with Crippen molar-refractivity contribution in [1.82, 2.24) is 24.7 Å². The van der Waals surface area contributed by atoms with E-state index in [1.807, 2.05) is 74.0 Å². The van der Waals surface area contributed by atoms with Crippen LogP contribution in [0.2, 0.25) is 0 Å². The van der Waals surface area contributed by atoms with E-state index in [0.29, 0.717) is 11.0 Å². The molecule has 0 spiro atoms. The summed E-state index contributed by atoms with van der Waals surface area (Å²) in [6, 6.07) is 17.6. The summed E-state index contributed by atoms with van der Waals surface area (Å²) >= 11 is 1.33. The molecular formula is C22H20N6OS. The first kappa shape index (κ1) is 19.7. The van der Waals surface area contributed by atoms with Gasteiger partial charge in [0.15, 0.2) is 16.8 Å². The number of hydrogen-bond donors (Lipinski definition) is 2. The number of nitrogens with one attached hydrogen (secondary N) is 1. The molecule has 0 saturated carbocycles. The minimum atomic E-state index is -0.416. The number of aryl methyl sites for hydroxylation is 1. The van der Waals surface area contributed by atoms with Crippen molar-refractivity contribution in [2.45, 2.75) is 24.3 Å². The van der Waals surface area contributed by atoms with Gasteiger partial charge in [0.25, 0.3) is 0 Å². The number of allylic oxidation sites excluding steroid dienone is 1. The molecule has 0 saturated heterocycles. The lowest BCUT2D eigenvalue weighted by Gasteiger charge is -2.12. The maximum atomic E-state index is 10.8. The van der Waals surface area contributed by atoms with Gasteiger partial charge in [-0.05, 0) is 31.5 Å². The molecule has 0 fully saturated rings. The van der Waals surface area contributed by atoms with E-state index in [-0.39, 0.29) is 11.3 Å². The zero-order chi connectivity index (χ0) is 21.3. The van der Waals surface area contributed by atoms with Crippen LogP contribution in [0, 0.1) is 18.3 Å². The van der Waals surface area contributed by atoms with Gasteiger partial charge in [0.2, 0.25) is 0 Å². The summed E-state index contributed by atoms with van der Waals surface area (Å²) in [5.74, 6) is 1.05. The molecule has 0 aliphatic rings. The summed E-state index contributed by atoms with van der Waals surface area (Å²) < 4.78 is 1.89. The molecule has 0 aliphatic carbocycles. The molecule has 7 nitrogen and oxygen atoms in total. The zero-order valence-electron chi connectivity index (χ0n) is 16.8. The summed E-state index contributed by atoms with van der Waals surface area (Å²) in [5, 5.41) is 29.3. The molecule has 0 unspecified atom stereocenters. The van der Waals surface area contributed by atoms with Crippen molar-refractivity contribution >= 4 is 28.4 Å². The fourth-order valence-electron chi connectivity index (χ4n) is 3.20. The van der Waals surface area contributed by atoms with Crippen LogP contribution < -0.4 is 0 Å². The number of aromatic nitrogens is 5. The van der Waals surface area contributed by atoms with E-state index in [9.17, 15) is 10.4 Å². The van der Waals surface area contributed by atoms with E-state index >= 15 is 0 Å². The third-order valence-corrected chi connectivity index (χ3v) is 6.03. The lowest BCUT2D eigenvalue weighted by Crippen LogP contribution is -2.07. The highest BCUT2D eigenvalue weighted by molar-refractivity contribution is 7.99. The molecule has 4 aromatic rings. The Kier molecular flexibility index (Phi) is 5.29. The Bertz CT molecular complexity index is 1260. The largest absolute Gasteiger partial charge is 0.510 e. The first-order valence-corrected chi connectivity index (χ1v) is 10.3. The Balaban J connectivity index is 1.64. The number of imidazole rings is 1. The molecule has 4 rings (SSSR count). The standard InChI is InChI=1S/C22H20N6OS/c1-13-8-4-5-9-15(13)21-26-27-22(28(21)3)30-14(2)19(29)16(12-23)20-24-17-10-6-7-11-18(17)25-20/h4-11,14,29H,1-3H3,(H,24,25)/b19-16-/t14-/m1/s1. The minimum absolute atomic E-state index is 0.0537. The number of aromatic amines is 1. The Labute approximate surface area is 178 Å². The fraction of sp³-hybridized carbons (Fsp3) is 0.182. The molecule has 2 N–H and O–H groups in total. The van der Waals surface area contributed by atoms with Gasteiger partial charge in [-0.3, -0.25) is 0 Å². The van der Waals surface area contributed by atoms with Crippen molar-refractivity contribution in [2.75, 3.05) is 0 Å². The van der Waals surface area contributed by atoms with Gasteiger partial charge in [-0.15, -0.1) is 10.2 Å². The molecule has 150 valence electrons. The van der Waals surface area contributed by atoms with Crippen LogP contribution in [0.3, 0.4) is 0 Å². The number of hydrogen-bond acceptors (Lipinski definition) is 6. The van der Waals surface area contributed by atoms with Crippen LogP contribution in [-0.2, 0) is 7.05 Å². The molecule has 8 heteroatoms. The second-order valence-corrected chi connectivity index (χ2v) is 8.22. The van der Waals surface area contributed by atoms with Crippen molar-refractivity contribution in [3.8, 4) is 17.5 Å². The Hall–Kier alpha value is -3.57. The van der Waals surface area contributed by atoms with Gasteiger partial charge in [-0.2, -0.15) is 5.26 Å². The van der Waals surface area contributed by atoms with E-state index in [1.54, 1.807) is 0 Å².